The number of methoxy groups -OCH3 is 1. The second kappa shape index (κ2) is 7.23. The van der Waals surface area contributed by atoms with E-state index in [0.29, 0.717) is 22.8 Å². The maximum absolute atomic E-state index is 12.8. The van der Waals surface area contributed by atoms with Crippen LogP contribution in [0.3, 0.4) is 0 Å². The summed E-state index contributed by atoms with van der Waals surface area (Å²) >= 11 is 1.17. The molecule has 26 heavy (non-hydrogen) atoms. The number of rotatable bonds is 5. The van der Waals surface area contributed by atoms with E-state index in [4.69, 9.17) is 14.2 Å². The van der Waals surface area contributed by atoms with Gasteiger partial charge in [0.1, 0.15) is 16.9 Å². The second-order valence-electron chi connectivity index (χ2n) is 5.75. The van der Waals surface area contributed by atoms with Crippen molar-refractivity contribution in [3.63, 3.8) is 0 Å². The highest BCUT2D eigenvalue weighted by Gasteiger charge is 2.49. The Kier molecular flexibility index (Phi) is 5.01. The van der Waals surface area contributed by atoms with Gasteiger partial charge in [0.2, 0.25) is 17.2 Å². The molecule has 1 aromatic rings. The topological polar surface area (TPSA) is 78.9 Å². The molecule has 1 aliphatic heterocycles. The van der Waals surface area contributed by atoms with Crippen LogP contribution in [0.25, 0.3) is 0 Å². The van der Waals surface area contributed by atoms with Crippen LogP contribution in [0.1, 0.15) is 16.6 Å². The Morgan fingerprint density at radius 3 is 2.85 bits per heavy atom. The molecular weight excluding hydrogens is 356 g/mol. The van der Waals surface area contributed by atoms with E-state index in [-0.39, 0.29) is 5.57 Å². The number of hydrogen-bond donors (Lipinski definition) is 0. The van der Waals surface area contributed by atoms with Crippen LogP contribution in [0.5, 0.6) is 0 Å². The molecule has 0 N–H and O–H groups in total. The largest absolute Gasteiger partial charge is 0.464 e. The molecule has 6 nitrogen and oxygen atoms in total. The van der Waals surface area contributed by atoms with Gasteiger partial charge in [-0.15, -0.1) is 11.3 Å². The van der Waals surface area contributed by atoms with E-state index in [1.807, 2.05) is 0 Å². The van der Waals surface area contributed by atoms with Crippen LogP contribution in [-0.2, 0) is 23.8 Å². The van der Waals surface area contributed by atoms with E-state index >= 15 is 0 Å². The highest BCUT2D eigenvalue weighted by molar-refractivity contribution is 7.12. The van der Waals surface area contributed by atoms with Crippen molar-refractivity contribution >= 4 is 28.9 Å². The fourth-order valence-electron chi connectivity index (χ4n) is 2.49. The standard InChI is InChI=1S/C19H16O6S/c1-19(25-18(22)15-6-4-8-26-15)16(20)10-12-9-13(5-3-7-23-2)24-11-14(12)17(19)21/h3-6,8-11H,7H2,1-2H3/b5-3+. The summed E-state index contributed by atoms with van der Waals surface area (Å²) in [5.41, 5.74) is -1.29. The van der Waals surface area contributed by atoms with E-state index in [9.17, 15) is 14.4 Å². The van der Waals surface area contributed by atoms with Crippen LogP contribution in [0, 0.1) is 0 Å². The lowest BCUT2D eigenvalue weighted by atomic mass is 9.80. The van der Waals surface area contributed by atoms with Crippen molar-refractivity contribution in [2.24, 2.45) is 0 Å². The minimum atomic E-state index is -1.91. The van der Waals surface area contributed by atoms with Gasteiger partial charge >= 0.3 is 5.97 Å². The normalized spacial score (nSPS) is 22.3. The third-order valence-electron chi connectivity index (χ3n) is 3.92. The SMILES string of the molecule is COC/C=C/C1=CC2=CC(=O)C(C)(OC(=O)c3cccs3)C(=O)C2=CO1. The molecule has 1 atom stereocenters. The van der Waals surface area contributed by atoms with Crippen LogP contribution in [0.4, 0.5) is 0 Å². The number of allylic oxidation sites excluding steroid dienone is 3. The fourth-order valence-corrected chi connectivity index (χ4v) is 3.09. The molecule has 0 bridgehead atoms. The number of carbonyl (C=O) groups is 3. The Morgan fingerprint density at radius 2 is 2.15 bits per heavy atom. The van der Waals surface area contributed by atoms with Crippen LogP contribution in [0.15, 0.2) is 65.0 Å². The minimum Gasteiger partial charge on any atom is -0.464 e. The summed E-state index contributed by atoms with van der Waals surface area (Å²) in [6.07, 6.45) is 7.56. The van der Waals surface area contributed by atoms with Gasteiger partial charge in [0, 0.05) is 7.11 Å². The Balaban J connectivity index is 1.86. The van der Waals surface area contributed by atoms with Crippen molar-refractivity contribution in [1.29, 1.82) is 0 Å². The molecule has 1 aromatic heterocycles. The lowest BCUT2D eigenvalue weighted by Gasteiger charge is -2.31. The number of thiophene rings is 1. The molecular formula is C19H16O6S. The number of ketones is 2. The molecule has 1 unspecified atom stereocenters. The second-order valence-corrected chi connectivity index (χ2v) is 6.69. The predicted octanol–water partition coefficient (Wildman–Crippen LogP) is 2.74. The maximum Gasteiger partial charge on any atom is 0.349 e. The molecule has 0 saturated carbocycles. The number of esters is 1. The van der Waals surface area contributed by atoms with Gasteiger partial charge in [-0.05, 0) is 42.2 Å². The Hall–Kier alpha value is -2.77. The van der Waals surface area contributed by atoms with Crippen molar-refractivity contribution < 1.29 is 28.6 Å². The van der Waals surface area contributed by atoms with Crippen molar-refractivity contribution in [2.75, 3.05) is 13.7 Å². The summed E-state index contributed by atoms with van der Waals surface area (Å²) in [6.45, 7) is 1.71. The van der Waals surface area contributed by atoms with Gasteiger partial charge in [0.25, 0.3) is 0 Å². The molecule has 0 aromatic carbocycles. The van der Waals surface area contributed by atoms with Crippen LogP contribution in [-0.4, -0.2) is 36.9 Å². The van der Waals surface area contributed by atoms with Crippen LogP contribution >= 0.6 is 11.3 Å². The number of fused-ring (bicyclic) bond motifs is 1. The van der Waals surface area contributed by atoms with Gasteiger partial charge in [0.05, 0.1) is 12.2 Å². The first kappa shape index (κ1) is 18.0. The van der Waals surface area contributed by atoms with Crippen LogP contribution in [0.2, 0.25) is 0 Å². The number of hydrogen-bond acceptors (Lipinski definition) is 7. The Morgan fingerprint density at radius 1 is 1.35 bits per heavy atom. The van der Waals surface area contributed by atoms with E-state index in [1.165, 1.54) is 30.6 Å². The van der Waals surface area contributed by atoms with Crippen molar-refractivity contribution in [3.05, 3.63) is 69.9 Å². The number of ether oxygens (including phenoxy) is 3. The third kappa shape index (κ3) is 3.31. The summed E-state index contributed by atoms with van der Waals surface area (Å²) in [4.78, 5) is 37.9. The zero-order valence-corrected chi connectivity index (χ0v) is 15.0. The van der Waals surface area contributed by atoms with Crippen LogP contribution < -0.4 is 0 Å². The molecule has 1 aliphatic carbocycles. The van der Waals surface area contributed by atoms with E-state index < -0.39 is 23.1 Å². The van der Waals surface area contributed by atoms with E-state index in [2.05, 4.69) is 0 Å². The van der Waals surface area contributed by atoms with Crippen molar-refractivity contribution in [1.82, 2.24) is 0 Å². The number of Topliss-reactive ketones (excluding diaryl/α,β-unsaturated/α-hetero) is 1. The van der Waals surface area contributed by atoms with Gasteiger partial charge in [-0.25, -0.2) is 4.79 Å². The highest BCUT2D eigenvalue weighted by atomic mass is 32.1. The first-order chi connectivity index (χ1) is 12.5. The predicted molar refractivity (Wildman–Crippen MR) is 94.5 cm³/mol. The Labute approximate surface area is 154 Å². The first-order valence-corrected chi connectivity index (χ1v) is 8.66. The molecule has 3 rings (SSSR count). The zero-order chi connectivity index (χ0) is 18.7. The summed E-state index contributed by atoms with van der Waals surface area (Å²) in [6, 6.07) is 3.26. The van der Waals surface area contributed by atoms with Gasteiger partial charge in [-0.2, -0.15) is 0 Å². The van der Waals surface area contributed by atoms with Gasteiger partial charge < -0.3 is 14.2 Å². The van der Waals surface area contributed by atoms with Crippen molar-refractivity contribution in [2.45, 2.75) is 12.5 Å². The maximum atomic E-state index is 12.8. The molecule has 0 spiro atoms. The first-order valence-electron chi connectivity index (χ1n) is 7.78. The van der Waals surface area contributed by atoms with Gasteiger partial charge in [-0.1, -0.05) is 12.1 Å². The molecule has 0 saturated heterocycles. The Bertz CT molecular complexity index is 872. The van der Waals surface area contributed by atoms with Gasteiger partial charge in [-0.3, -0.25) is 9.59 Å². The molecule has 0 radical (unpaired) electrons. The van der Waals surface area contributed by atoms with E-state index in [0.717, 1.165) is 0 Å². The molecule has 2 heterocycles. The summed E-state index contributed by atoms with van der Waals surface area (Å²) in [7, 11) is 1.57. The molecule has 7 heteroatoms. The lowest BCUT2D eigenvalue weighted by Crippen LogP contribution is -2.50. The zero-order valence-electron chi connectivity index (χ0n) is 14.2. The van der Waals surface area contributed by atoms with Crippen molar-refractivity contribution in [3.8, 4) is 0 Å². The van der Waals surface area contributed by atoms with Gasteiger partial charge in [0.15, 0.2) is 0 Å². The third-order valence-corrected chi connectivity index (χ3v) is 4.77. The summed E-state index contributed by atoms with van der Waals surface area (Å²) in [5.74, 6) is -1.44. The minimum absolute atomic E-state index is 0.190. The summed E-state index contributed by atoms with van der Waals surface area (Å²) in [5, 5.41) is 1.71. The number of carbonyl (C=O) groups excluding carboxylic acids is 3. The average molecular weight is 372 g/mol. The summed E-state index contributed by atoms with van der Waals surface area (Å²) < 4.78 is 15.6. The molecule has 2 aliphatic rings. The molecule has 0 amide bonds. The molecule has 134 valence electrons. The monoisotopic (exact) mass is 372 g/mol. The quantitative estimate of drug-likeness (QED) is 0.584. The van der Waals surface area contributed by atoms with E-state index in [1.54, 1.807) is 42.9 Å². The fraction of sp³-hybridized carbons (Fsp3) is 0.211. The average Bonchev–Trinajstić information content (AvgIpc) is 3.15. The molecule has 0 fully saturated rings. The lowest BCUT2D eigenvalue weighted by molar-refractivity contribution is -0.145. The smallest absolute Gasteiger partial charge is 0.349 e. The highest BCUT2D eigenvalue weighted by Crippen LogP contribution is 2.34.